The molecule has 1 aliphatic rings. The zero-order chi connectivity index (χ0) is 23.9. The number of furan rings is 1. The first kappa shape index (κ1) is 24.0. The third kappa shape index (κ3) is 5.51. The third-order valence-corrected chi connectivity index (χ3v) is 7.02. The van der Waals surface area contributed by atoms with E-state index in [1.165, 1.54) is 11.1 Å². The molecular weight excluding hydrogens is 452 g/mol. The number of para-hydroxylation sites is 1. The summed E-state index contributed by atoms with van der Waals surface area (Å²) in [5.74, 6) is 0.637. The number of ether oxygens (including phenoxy) is 2. The number of thiophene rings is 1. The van der Waals surface area contributed by atoms with Gasteiger partial charge >= 0.3 is 0 Å². The summed E-state index contributed by atoms with van der Waals surface area (Å²) in [6.07, 6.45) is 2.89. The summed E-state index contributed by atoms with van der Waals surface area (Å²) >= 11 is 1.71. The van der Waals surface area contributed by atoms with E-state index in [1.807, 2.05) is 36.1 Å². The highest BCUT2D eigenvalue weighted by Gasteiger charge is 2.34. The minimum Gasteiger partial charge on any atom is -0.491 e. The van der Waals surface area contributed by atoms with Crippen LogP contribution in [-0.4, -0.2) is 61.6 Å². The summed E-state index contributed by atoms with van der Waals surface area (Å²) in [5.41, 5.74) is 2.18. The molecule has 7 nitrogen and oxygen atoms in total. The molecule has 4 rings (SSSR count). The number of fused-ring (bicyclic) bond motifs is 1. The number of carbonyl (C=O) groups excluding carboxylic acids is 2. The maximum absolute atomic E-state index is 13.6. The summed E-state index contributed by atoms with van der Waals surface area (Å²) in [4.78, 5) is 31.2. The van der Waals surface area contributed by atoms with E-state index in [2.05, 4.69) is 11.4 Å². The number of methoxy groups -OCH3 is 1. The van der Waals surface area contributed by atoms with Crippen LogP contribution in [0, 0.1) is 6.92 Å². The van der Waals surface area contributed by atoms with Gasteiger partial charge < -0.3 is 23.7 Å². The van der Waals surface area contributed by atoms with Gasteiger partial charge in [-0.3, -0.25) is 9.59 Å². The number of benzene rings is 1. The number of hydrogen-bond acceptors (Lipinski definition) is 6. The first-order chi connectivity index (χ1) is 16.6. The van der Waals surface area contributed by atoms with E-state index < -0.39 is 0 Å². The van der Waals surface area contributed by atoms with E-state index in [-0.39, 0.29) is 30.2 Å². The first-order valence-corrected chi connectivity index (χ1v) is 12.3. The summed E-state index contributed by atoms with van der Waals surface area (Å²) in [6, 6.07) is 13.0. The van der Waals surface area contributed by atoms with Gasteiger partial charge in [0.05, 0.1) is 12.3 Å². The number of hydrogen-bond donors (Lipinski definition) is 0. The van der Waals surface area contributed by atoms with Gasteiger partial charge in [-0.05, 0) is 60.5 Å². The van der Waals surface area contributed by atoms with Crippen LogP contribution in [0.15, 0.2) is 58.5 Å². The molecule has 0 radical (unpaired) electrons. The van der Waals surface area contributed by atoms with Crippen molar-refractivity contribution in [2.75, 3.05) is 40.0 Å². The molecule has 1 unspecified atom stereocenters. The quantitative estimate of drug-likeness (QED) is 0.402. The minimum atomic E-state index is -0.296. The second-order valence-electron chi connectivity index (χ2n) is 8.28. The van der Waals surface area contributed by atoms with Crippen molar-refractivity contribution in [3.05, 3.63) is 75.9 Å². The molecule has 1 atom stereocenters. The number of aryl methyl sites for hydroxylation is 1. The lowest BCUT2D eigenvalue weighted by Gasteiger charge is -2.37. The lowest BCUT2D eigenvalue weighted by molar-refractivity contribution is -0.135. The second-order valence-corrected chi connectivity index (χ2v) is 9.28. The van der Waals surface area contributed by atoms with Gasteiger partial charge in [0, 0.05) is 31.7 Å². The number of rotatable bonds is 10. The highest BCUT2D eigenvalue weighted by molar-refractivity contribution is 7.10. The Balaban J connectivity index is 1.51. The molecule has 8 heteroatoms. The van der Waals surface area contributed by atoms with E-state index >= 15 is 0 Å². The largest absolute Gasteiger partial charge is 0.491 e. The van der Waals surface area contributed by atoms with Crippen molar-refractivity contribution in [3.8, 4) is 5.75 Å². The van der Waals surface area contributed by atoms with Crippen LogP contribution < -0.4 is 4.74 Å². The molecule has 0 bridgehead atoms. The molecule has 1 aromatic carbocycles. The van der Waals surface area contributed by atoms with Crippen LogP contribution in [0.2, 0.25) is 0 Å². The van der Waals surface area contributed by atoms with E-state index in [1.54, 1.807) is 35.5 Å². The Hall–Kier alpha value is -3.10. The summed E-state index contributed by atoms with van der Waals surface area (Å²) in [7, 11) is 1.62. The van der Waals surface area contributed by atoms with Crippen LogP contribution in [-0.2, 0) is 16.0 Å². The van der Waals surface area contributed by atoms with Crippen molar-refractivity contribution in [2.24, 2.45) is 0 Å². The second kappa shape index (κ2) is 11.4. The predicted molar refractivity (Wildman–Crippen MR) is 130 cm³/mol. The zero-order valence-electron chi connectivity index (χ0n) is 19.6. The van der Waals surface area contributed by atoms with Crippen LogP contribution in [0.4, 0.5) is 0 Å². The fourth-order valence-corrected chi connectivity index (χ4v) is 5.15. The van der Waals surface area contributed by atoms with Crippen LogP contribution in [0.25, 0.3) is 0 Å². The number of amides is 2. The summed E-state index contributed by atoms with van der Waals surface area (Å²) in [5, 5.41) is 2.07. The molecule has 0 aliphatic carbocycles. The Morgan fingerprint density at radius 1 is 1.21 bits per heavy atom. The van der Waals surface area contributed by atoms with Gasteiger partial charge in [-0.25, -0.2) is 0 Å². The predicted octanol–water partition coefficient (Wildman–Crippen LogP) is 4.33. The Kier molecular flexibility index (Phi) is 8.03. The van der Waals surface area contributed by atoms with Crippen molar-refractivity contribution in [1.29, 1.82) is 0 Å². The Morgan fingerprint density at radius 3 is 2.82 bits per heavy atom. The first-order valence-electron chi connectivity index (χ1n) is 11.4. The third-order valence-electron chi connectivity index (χ3n) is 6.03. The molecule has 3 heterocycles. The topological polar surface area (TPSA) is 72.2 Å². The van der Waals surface area contributed by atoms with Crippen LogP contribution >= 0.6 is 11.3 Å². The zero-order valence-corrected chi connectivity index (χ0v) is 20.4. The monoisotopic (exact) mass is 482 g/mol. The molecule has 0 saturated carbocycles. The molecule has 1 aliphatic heterocycles. The lowest BCUT2D eigenvalue weighted by atomic mass is 10.00. The molecule has 180 valence electrons. The molecule has 2 amide bonds. The van der Waals surface area contributed by atoms with E-state index in [0.29, 0.717) is 32.7 Å². The molecule has 0 saturated heterocycles. The van der Waals surface area contributed by atoms with Gasteiger partial charge in [0.25, 0.3) is 5.91 Å². The van der Waals surface area contributed by atoms with Crippen LogP contribution in [0.1, 0.15) is 39.0 Å². The molecule has 0 fully saturated rings. The van der Waals surface area contributed by atoms with E-state index in [0.717, 1.165) is 23.3 Å². The minimum absolute atomic E-state index is 0.0242. The highest BCUT2D eigenvalue weighted by Crippen LogP contribution is 2.34. The van der Waals surface area contributed by atoms with Gasteiger partial charge in [-0.2, -0.15) is 0 Å². The average molecular weight is 483 g/mol. The molecule has 34 heavy (non-hydrogen) atoms. The van der Waals surface area contributed by atoms with Crippen molar-refractivity contribution < 1.29 is 23.5 Å². The van der Waals surface area contributed by atoms with Crippen molar-refractivity contribution in [3.63, 3.8) is 0 Å². The molecule has 0 spiro atoms. The normalized spacial score (nSPS) is 15.1. The lowest BCUT2D eigenvalue weighted by Crippen LogP contribution is -2.48. The Morgan fingerprint density at radius 2 is 2.06 bits per heavy atom. The maximum Gasteiger partial charge on any atom is 0.290 e. The molecule has 3 aromatic rings. The van der Waals surface area contributed by atoms with Crippen molar-refractivity contribution in [1.82, 2.24) is 9.80 Å². The highest BCUT2D eigenvalue weighted by atomic mass is 32.1. The summed E-state index contributed by atoms with van der Waals surface area (Å²) in [6.45, 7) is 3.84. The van der Waals surface area contributed by atoms with E-state index in [4.69, 9.17) is 13.9 Å². The molecular formula is C26H30N2O5S. The number of nitrogens with zero attached hydrogens (tertiary/aromatic N) is 2. The van der Waals surface area contributed by atoms with Gasteiger partial charge in [-0.15, -0.1) is 11.3 Å². The van der Waals surface area contributed by atoms with Crippen molar-refractivity contribution >= 4 is 23.2 Å². The Bertz CT molecular complexity index is 1090. The van der Waals surface area contributed by atoms with Crippen LogP contribution in [0.3, 0.4) is 0 Å². The van der Waals surface area contributed by atoms with Gasteiger partial charge in [0.1, 0.15) is 18.9 Å². The van der Waals surface area contributed by atoms with Crippen molar-refractivity contribution in [2.45, 2.75) is 25.8 Å². The fraction of sp³-hybridized carbons (Fsp3) is 0.385. The summed E-state index contributed by atoms with van der Waals surface area (Å²) < 4.78 is 16.6. The standard InChI is InChI=1S/C26H30N2O5S/c1-19-7-3-4-8-22(19)33-18-21-20-11-16-34-24(20)10-13-28(21)25(29)17-27(12-6-14-31-2)26(30)23-9-5-15-32-23/h3-5,7-9,11,15-16,21H,6,10,12-14,17-18H2,1-2H3. The maximum atomic E-state index is 13.6. The fourth-order valence-electron chi connectivity index (χ4n) is 4.22. The van der Waals surface area contributed by atoms with Gasteiger partial charge in [-0.1, -0.05) is 18.2 Å². The van der Waals surface area contributed by atoms with Gasteiger partial charge in [0.15, 0.2) is 5.76 Å². The van der Waals surface area contributed by atoms with Crippen LogP contribution in [0.5, 0.6) is 5.75 Å². The number of carbonyl (C=O) groups is 2. The SMILES string of the molecule is COCCCN(CC(=O)N1CCc2sccc2C1COc1ccccc1C)C(=O)c1ccco1. The Labute approximate surface area is 203 Å². The average Bonchev–Trinajstić information content (AvgIpc) is 3.54. The smallest absolute Gasteiger partial charge is 0.290 e. The molecule has 0 N–H and O–H groups in total. The molecule has 2 aromatic heterocycles. The van der Waals surface area contributed by atoms with E-state index in [9.17, 15) is 9.59 Å². The van der Waals surface area contributed by atoms with Gasteiger partial charge in [0.2, 0.25) is 5.91 Å².